The molecule has 0 saturated carbocycles. The molecule has 1 aromatic rings. The van der Waals surface area contributed by atoms with Crippen molar-refractivity contribution in [2.75, 3.05) is 0 Å². The quantitative estimate of drug-likeness (QED) is 0.602. The van der Waals surface area contributed by atoms with E-state index in [1.165, 1.54) is 12.1 Å². The van der Waals surface area contributed by atoms with Crippen molar-refractivity contribution in [3.63, 3.8) is 0 Å². The molecule has 2 atom stereocenters. The second-order valence-electron chi connectivity index (χ2n) is 5.16. The molecular formula is C19H31FO3. The Bertz CT molecular complexity index is 444. The Hall–Kier alpha value is -1.58. The molecular weight excluding hydrogens is 295 g/mol. The molecule has 0 amide bonds. The molecule has 1 rings (SSSR count). The third kappa shape index (κ3) is 7.49. The average Bonchev–Trinajstić information content (AvgIpc) is 2.56. The van der Waals surface area contributed by atoms with Crippen LogP contribution in [0, 0.1) is 11.7 Å². The van der Waals surface area contributed by atoms with E-state index < -0.39 is 0 Å². The van der Waals surface area contributed by atoms with Crippen LogP contribution in [0.2, 0.25) is 0 Å². The van der Waals surface area contributed by atoms with Crippen molar-refractivity contribution in [2.24, 2.45) is 5.92 Å². The van der Waals surface area contributed by atoms with Crippen LogP contribution in [0.4, 0.5) is 4.39 Å². The molecule has 0 radical (unpaired) electrons. The number of ether oxygens (including phenoxy) is 2. The summed E-state index contributed by atoms with van der Waals surface area (Å²) in [6.07, 6.45) is 1.50. The maximum absolute atomic E-state index is 13.3. The molecule has 0 saturated heterocycles. The second-order valence-corrected chi connectivity index (χ2v) is 5.16. The Morgan fingerprint density at radius 3 is 2.26 bits per heavy atom. The number of esters is 1. The van der Waals surface area contributed by atoms with Crippen molar-refractivity contribution < 1.29 is 18.7 Å². The lowest BCUT2D eigenvalue weighted by Crippen LogP contribution is -2.39. The van der Waals surface area contributed by atoms with Gasteiger partial charge >= 0.3 is 5.97 Å². The van der Waals surface area contributed by atoms with Crippen LogP contribution in [0.15, 0.2) is 24.3 Å². The summed E-state index contributed by atoms with van der Waals surface area (Å²) in [6, 6.07) is 6.05. The summed E-state index contributed by atoms with van der Waals surface area (Å²) in [6.45, 7) is 11.7. The molecule has 4 heteroatoms. The SMILES string of the molecule is CC.CCC(=O)OC(C)C(Oc1cccc(F)c1)C(CC)CC. The number of carbonyl (C=O) groups excluding carboxylic acids is 1. The molecule has 0 aliphatic rings. The van der Waals surface area contributed by atoms with E-state index >= 15 is 0 Å². The number of rotatable bonds is 8. The molecule has 0 fully saturated rings. The first-order valence-corrected chi connectivity index (χ1v) is 8.63. The van der Waals surface area contributed by atoms with Crippen molar-refractivity contribution in [3.8, 4) is 5.75 Å². The zero-order valence-corrected chi connectivity index (χ0v) is 15.3. The topological polar surface area (TPSA) is 35.5 Å². The lowest BCUT2D eigenvalue weighted by atomic mass is 9.93. The molecule has 0 aromatic heterocycles. The summed E-state index contributed by atoms with van der Waals surface area (Å²) in [5, 5.41) is 0. The third-order valence-electron chi connectivity index (χ3n) is 3.65. The number of benzene rings is 1. The van der Waals surface area contributed by atoms with Gasteiger partial charge in [-0.05, 0) is 37.8 Å². The Labute approximate surface area is 140 Å². The summed E-state index contributed by atoms with van der Waals surface area (Å²) < 4.78 is 24.6. The largest absolute Gasteiger partial charge is 0.486 e. The number of hydrogen-bond donors (Lipinski definition) is 0. The van der Waals surface area contributed by atoms with Crippen LogP contribution in [0.25, 0.3) is 0 Å². The van der Waals surface area contributed by atoms with Gasteiger partial charge in [-0.3, -0.25) is 4.79 Å². The van der Waals surface area contributed by atoms with E-state index in [1.807, 2.05) is 20.8 Å². The van der Waals surface area contributed by atoms with Gasteiger partial charge in [0.2, 0.25) is 0 Å². The maximum atomic E-state index is 13.3. The standard InChI is InChI=1S/C17H25FO3.C2H6/c1-5-13(6-2)17(12(4)20-16(19)7-3)21-15-10-8-9-14(18)11-15;1-2/h8-13,17H,5-7H2,1-4H3;1-2H3. The van der Waals surface area contributed by atoms with Gasteiger partial charge in [0.05, 0.1) is 0 Å². The van der Waals surface area contributed by atoms with Crippen molar-refractivity contribution in [3.05, 3.63) is 30.1 Å². The predicted molar refractivity (Wildman–Crippen MR) is 92.1 cm³/mol. The molecule has 132 valence electrons. The number of carbonyl (C=O) groups is 1. The van der Waals surface area contributed by atoms with Crippen LogP contribution in [0.5, 0.6) is 5.75 Å². The van der Waals surface area contributed by atoms with Gasteiger partial charge < -0.3 is 9.47 Å². The summed E-state index contributed by atoms with van der Waals surface area (Å²) in [5.74, 6) is 0.120. The second kappa shape index (κ2) is 11.9. The van der Waals surface area contributed by atoms with E-state index in [4.69, 9.17) is 9.47 Å². The molecule has 0 bridgehead atoms. The highest BCUT2D eigenvalue weighted by atomic mass is 19.1. The van der Waals surface area contributed by atoms with Crippen molar-refractivity contribution in [1.82, 2.24) is 0 Å². The molecule has 2 unspecified atom stereocenters. The number of halogens is 1. The van der Waals surface area contributed by atoms with E-state index in [-0.39, 0.29) is 29.9 Å². The Balaban J connectivity index is 0.00000232. The van der Waals surface area contributed by atoms with E-state index in [0.29, 0.717) is 12.2 Å². The maximum Gasteiger partial charge on any atom is 0.305 e. The lowest BCUT2D eigenvalue weighted by Gasteiger charge is -2.31. The minimum atomic E-state index is -0.370. The van der Waals surface area contributed by atoms with Gasteiger partial charge in [0, 0.05) is 12.5 Å². The van der Waals surface area contributed by atoms with Gasteiger partial charge in [-0.15, -0.1) is 0 Å². The minimum absolute atomic E-state index is 0.243. The van der Waals surface area contributed by atoms with Crippen molar-refractivity contribution in [2.45, 2.75) is 73.0 Å². The fourth-order valence-corrected chi connectivity index (χ4v) is 2.38. The monoisotopic (exact) mass is 326 g/mol. The highest BCUT2D eigenvalue weighted by molar-refractivity contribution is 5.69. The molecule has 0 spiro atoms. The fourth-order valence-electron chi connectivity index (χ4n) is 2.38. The van der Waals surface area contributed by atoms with E-state index in [1.54, 1.807) is 19.1 Å². The molecule has 1 aromatic carbocycles. The zero-order chi connectivity index (χ0) is 17.8. The van der Waals surface area contributed by atoms with Crippen LogP contribution in [-0.2, 0) is 9.53 Å². The van der Waals surface area contributed by atoms with Crippen LogP contribution in [0.3, 0.4) is 0 Å². The molecule has 0 aliphatic carbocycles. The Morgan fingerprint density at radius 2 is 1.78 bits per heavy atom. The lowest BCUT2D eigenvalue weighted by molar-refractivity contribution is -0.154. The summed E-state index contributed by atoms with van der Waals surface area (Å²) in [7, 11) is 0. The zero-order valence-electron chi connectivity index (χ0n) is 15.3. The number of hydrogen-bond acceptors (Lipinski definition) is 3. The molecule has 0 aliphatic heterocycles. The van der Waals surface area contributed by atoms with Gasteiger partial charge in [0.25, 0.3) is 0 Å². The summed E-state index contributed by atoms with van der Waals surface area (Å²) in [4.78, 5) is 11.5. The van der Waals surface area contributed by atoms with Gasteiger partial charge in [-0.25, -0.2) is 4.39 Å². The van der Waals surface area contributed by atoms with E-state index in [9.17, 15) is 9.18 Å². The smallest absolute Gasteiger partial charge is 0.305 e. The first-order chi connectivity index (χ1) is 11.0. The molecule has 0 N–H and O–H groups in total. The van der Waals surface area contributed by atoms with E-state index in [2.05, 4.69) is 13.8 Å². The normalized spacial score (nSPS) is 12.9. The average molecular weight is 326 g/mol. The van der Waals surface area contributed by atoms with Gasteiger partial charge in [0.1, 0.15) is 23.8 Å². The van der Waals surface area contributed by atoms with Crippen molar-refractivity contribution in [1.29, 1.82) is 0 Å². The molecule has 23 heavy (non-hydrogen) atoms. The predicted octanol–water partition coefficient (Wildman–Crippen LogP) is 5.38. The van der Waals surface area contributed by atoms with Crippen molar-refractivity contribution >= 4 is 5.97 Å². The van der Waals surface area contributed by atoms with Crippen LogP contribution in [-0.4, -0.2) is 18.2 Å². The minimum Gasteiger partial charge on any atom is -0.486 e. The van der Waals surface area contributed by atoms with Gasteiger partial charge in [-0.1, -0.05) is 40.7 Å². The highest BCUT2D eigenvalue weighted by Crippen LogP contribution is 2.25. The third-order valence-corrected chi connectivity index (χ3v) is 3.65. The highest BCUT2D eigenvalue weighted by Gasteiger charge is 2.29. The van der Waals surface area contributed by atoms with Crippen LogP contribution < -0.4 is 4.74 Å². The molecule has 0 heterocycles. The Morgan fingerprint density at radius 1 is 1.17 bits per heavy atom. The van der Waals surface area contributed by atoms with Crippen LogP contribution >= 0.6 is 0 Å². The summed E-state index contributed by atoms with van der Waals surface area (Å²) in [5.41, 5.74) is 0. The first kappa shape index (κ1) is 21.4. The van der Waals surface area contributed by atoms with Crippen LogP contribution in [0.1, 0.15) is 60.8 Å². The first-order valence-electron chi connectivity index (χ1n) is 8.63. The van der Waals surface area contributed by atoms with Gasteiger partial charge in [-0.2, -0.15) is 0 Å². The fraction of sp³-hybridized carbons (Fsp3) is 0.632. The van der Waals surface area contributed by atoms with Gasteiger partial charge in [0.15, 0.2) is 0 Å². The summed E-state index contributed by atoms with van der Waals surface area (Å²) >= 11 is 0. The Kier molecular flexibility index (Phi) is 11.1. The molecule has 3 nitrogen and oxygen atoms in total. The van der Waals surface area contributed by atoms with E-state index in [0.717, 1.165) is 12.8 Å².